The van der Waals surface area contributed by atoms with Crippen LogP contribution in [0.4, 0.5) is 11.8 Å². The van der Waals surface area contributed by atoms with Crippen LogP contribution < -0.4 is 10.6 Å². The third-order valence-electron chi connectivity index (χ3n) is 6.36. The van der Waals surface area contributed by atoms with E-state index in [0.717, 1.165) is 47.4 Å². The molecule has 150 valence electrons. The topological polar surface area (TPSA) is 108 Å². The summed E-state index contributed by atoms with van der Waals surface area (Å²) >= 11 is 0. The van der Waals surface area contributed by atoms with Gasteiger partial charge in [-0.3, -0.25) is 0 Å². The average molecular weight is 392 g/mol. The number of nitrogens with two attached hydrogens (primary N) is 1. The van der Waals surface area contributed by atoms with E-state index in [1.807, 2.05) is 0 Å². The van der Waals surface area contributed by atoms with Gasteiger partial charge in [-0.15, -0.1) is 0 Å². The zero-order valence-electron chi connectivity index (χ0n) is 16.8. The van der Waals surface area contributed by atoms with Gasteiger partial charge in [0.25, 0.3) is 0 Å². The molecule has 4 aliphatic rings. The molecule has 9 heteroatoms. The Kier molecular flexibility index (Phi) is 3.31. The van der Waals surface area contributed by atoms with Crippen LogP contribution in [0.5, 0.6) is 0 Å². The first-order valence-electron chi connectivity index (χ1n) is 10.2. The van der Waals surface area contributed by atoms with E-state index < -0.39 is 5.60 Å². The second-order valence-corrected chi connectivity index (χ2v) is 9.00. The number of nitrogen functional groups attached to an aromatic ring is 1. The standard InChI is InChI=1S/C20H24N8O/c1-10-8-28-17-14(24-18(28)20(2,3)29-10)16(27-9-11-4-13(27)5-11)25-15(26-17)12-6-22-19(21)23-7-12/h6-7,10-11,13H,4-5,8-9H2,1-3H3,(H2,21,22,23). The molecule has 0 amide bonds. The summed E-state index contributed by atoms with van der Waals surface area (Å²) in [5, 5.41) is 0. The Labute approximate surface area is 168 Å². The zero-order valence-corrected chi connectivity index (χ0v) is 16.8. The van der Waals surface area contributed by atoms with Crippen molar-refractivity contribution in [2.45, 2.75) is 57.9 Å². The largest absolute Gasteiger partial charge is 0.368 e. The van der Waals surface area contributed by atoms with Gasteiger partial charge >= 0.3 is 0 Å². The van der Waals surface area contributed by atoms with Gasteiger partial charge in [-0.2, -0.15) is 0 Å². The summed E-state index contributed by atoms with van der Waals surface area (Å²) < 4.78 is 8.36. The smallest absolute Gasteiger partial charge is 0.219 e. The average Bonchev–Trinajstić information content (AvgIpc) is 3.33. The minimum Gasteiger partial charge on any atom is -0.368 e. The fraction of sp³-hybridized carbons (Fsp3) is 0.550. The molecule has 3 aromatic heterocycles. The highest BCUT2D eigenvalue weighted by Crippen LogP contribution is 2.45. The van der Waals surface area contributed by atoms with Gasteiger partial charge in [0.2, 0.25) is 5.95 Å². The van der Waals surface area contributed by atoms with Crippen molar-refractivity contribution in [2.24, 2.45) is 5.92 Å². The summed E-state index contributed by atoms with van der Waals surface area (Å²) in [6.45, 7) is 7.97. The van der Waals surface area contributed by atoms with E-state index in [2.05, 4.69) is 40.2 Å². The lowest BCUT2D eigenvalue weighted by atomic mass is 9.86. The van der Waals surface area contributed by atoms with E-state index in [1.54, 1.807) is 12.4 Å². The van der Waals surface area contributed by atoms with Crippen molar-refractivity contribution in [3.05, 3.63) is 18.2 Å². The number of fused-ring (bicyclic) bond motifs is 4. The third-order valence-corrected chi connectivity index (χ3v) is 6.36. The molecular formula is C20H24N8O. The number of rotatable bonds is 2. The minimum absolute atomic E-state index is 0.0798. The van der Waals surface area contributed by atoms with Crippen molar-refractivity contribution in [1.29, 1.82) is 0 Å². The van der Waals surface area contributed by atoms with Crippen molar-refractivity contribution in [3.63, 3.8) is 0 Å². The second kappa shape index (κ2) is 5.63. The van der Waals surface area contributed by atoms with Crippen LogP contribution >= 0.6 is 0 Å². The quantitative estimate of drug-likeness (QED) is 0.706. The monoisotopic (exact) mass is 392 g/mol. The van der Waals surface area contributed by atoms with Gasteiger partial charge in [0.15, 0.2) is 22.8 Å². The summed E-state index contributed by atoms with van der Waals surface area (Å²) in [5.74, 6) is 3.43. The Bertz CT molecular complexity index is 1120. The first kappa shape index (κ1) is 17.1. The molecule has 29 heavy (non-hydrogen) atoms. The number of ether oxygens (including phenoxy) is 1. The van der Waals surface area contributed by atoms with Gasteiger partial charge in [0, 0.05) is 25.0 Å². The Morgan fingerprint density at radius 1 is 1.10 bits per heavy atom. The fourth-order valence-electron chi connectivity index (χ4n) is 5.04. The van der Waals surface area contributed by atoms with Crippen LogP contribution in [0.25, 0.3) is 22.6 Å². The maximum atomic E-state index is 6.17. The zero-order chi connectivity index (χ0) is 19.9. The molecule has 3 aliphatic heterocycles. The molecule has 3 aromatic rings. The SMILES string of the molecule is CC1Cn2c(nc3c(N4CC5CC4C5)nc(-c4cnc(N)nc4)nc32)C(C)(C)O1. The van der Waals surface area contributed by atoms with Gasteiger partial charge < -0.3 is 19.9 Å². The number of hydrogen-bond donors (Lipinski definition) is 1. The third kappa shape index (κ3) is 2.46. The Hall–Kier alpha value is -2.81. The molecule has 0 aromatic carbocycles. The lowest BCUT2D eigenvalue weighted by Crippen LogP contribution is -2.38. The van der Waals surface area contributed by atoms with Crippen LogP contribution in [-0.2, 0) is 16.9 Å². The predicted molar refractivity (Wildman–Crippen MR) is 108 cm³/mol. The van der Waals surface area contributed by atoms with Crippen LogP contribution in [0.15, 0.2) is 12.4 Å². The molecule has 2 N–H and O–H groups in total. The maximum Gasteiger partial charge on any atom is 0.219 e. The molecule has 1 atom stereocenters. The van der Waals surface area contributed by atoms with Gasteiger partial charge in [0.1, 0.15) is 11.4 Å². The van der Waals surface area contributed by atoms with Crippen LogP contribution in [0.1, 0.15) is 39.4 Å². The van der Waals surface area contributed by atoms with Crippen LogP contribution in [-0.4, -0.2) is 48.2 Å². The molecule has 9 nitrogen and oxygen atoms in total. The van der Waals surface area contributed by atoms with Crippen molar-refractivity contribution >= 4 is 22.9 Å². The lowest BCUT2D eigenvalue weighted by Gasteiger charge is -2.34. The first-order chi connectivity index (χ1) is 13.9. The molecule has 3 fully saturated rings. The van der Waals surface area contributed by atoms with E-state index >= 15 is 0 Å². The first-order valence-corrected chi connectivity index (χ1v) is 10.2. The highest BCUT2D eigenvalue weighted by molar-refractivity contribution is 5.87. The number of aromatic nitrogens is 6. The van der Waals surface area contributed by atoms with E-state index in [9.17, 15) is 0 Å². The van der Waals surface area contributed by atoms with Gasteiger partial charge in [-0.25, -0.2) is 24.9 Å². The summed E-state index contributed by atoms with van der Waals surface area (Å²) in [6.07, 6.45) is 5.92. The molecule has 1 aliphatic carbocycles. The number of nitrogens with zero attached hydrogens (tertiary/aromatic N) is 7. The normalized spacial score (nSPS) is 27.1. The molecule has 2 saturated heterocycles. The molecule has 2 bridgehead atoms. The molecule has 6 heterocycles. The van der Waals surface area contributed by atoms with Crippen molar-refractivity contribution in [2.75, 3.05) is 17.2 Å². The predicted octanol–water partition coefficient (Wildman–Crippen LogP) is 2.12. The van der Waals surface area contributed by atoms with Crippen molar-refractivity contribution in [3.8, 4) is 11.4 Å². The number of imidazole rings is 1. The second-order valence-electron chi connectivity index (χ2n) is 9.00. The Morgan fingerprint density at radius 2 is 1.86 bits per heavy atom. The lowest BCUT2D eigenvalue weighted by molar-refractivity contribution is -0.100. The molecule has 0 spiro atoms. The van der Waals surface area contributed by atoms with Gasteiger partial charge in [-0.05, 0) is 39.5 Å². The van der Waals surface area contributed by atoms with Crippen molar-refractivity contribution < 1.29 is 4.74 Å². The summed E-state index contributed by atoms with van der Waals surface area (Å²) in [5.41, 5.74) is 7.65. The molecular weight excluding hydrogens is 368 g/mol. The van der Waals surface area contributed by atoms with E-state index in [0.29, 0.717) is 11.9 Å². The van der Waals surface area contributed by atoms with E-state index in [-0.39, 0.29) is 12.1 Å². The van der Waals surface area contributed by atoms with E-state index in [4.69, 9.17) is 25.4 Å². The van der Waals surface area contributed by atoms with Crippen LogP contribution in [0.2, 0.25) is 0 Å². The van der Waals surface area contributed by atoms with Crippen LogP contribution in [0, 0.1) is 5.92 Å². The molecule has 1 saturated carbocycles. The van der Waals surface area contributed by atoms with Gasteiger partial charge in [-0.1, -0.05) is 0 Å². The Morgan fingerprint density at radius 3 is 2.55 bits per heavy atom. The molecule has 7 rings (SSSR count). The number of anilines is 2. The Balaban J connectivity index is 1.61. The summed E-state index contributed by atoms with van der Waals surface area (Å²) in [6, 6.07) is 0.551. The van der Waals surface area contributed by atoms with Crippen molar-refractivity contribution in [1.82, 2.24) is 29.5 Å². The molecule has 1 unspecified atom stereocenters. The highest BCUT2D eigenvalue weighted by atomic mass is 16.5. The highest BCUT2D eigenvalue weighted by Gasteiger charge is 2.45. The minimum atomic E-state index is -0.479. The number of hydrogen-bond acceptors (Lipinski definition) is 8. The fourth-order valence-corrected chi connectivity index (χ4v) is 5.04. The summed E-state index contributed by atoms with van der Waals surface area (Å²) in [4.78, 5) is 25.5. The summed E-state index contributed by atoms with van der Waals surface area (Å²) in [7, 11) is 0. The molecule has 0 radical (unpaired) electrons. The van der Waals surface area contributed by atoms with Gasteiger partial charge in [0.05, 0.1) is 18.2 Å². The van der Waals surface area contributed by atoms with Crippen LogP contribution in [0.3, 0.4) is 0 Å². The maximum absolute atomic E-state index is 6.17. The van der Waals surface area contributed by atoms with E-state index in [1.165, 1.54) is 12.8 Å².